The Morgan fingerprint density at radius 3 is 2.73 bits per heavy atom. The molecule has 1 saturated heterocycles. The second kappa shape index (κ2) is 6.89. The molecule has 26 heavy (non-hydrogen) atoms. The number of aromatic nitrogens is 1. The van der Waals surface area contributed by atoms with E-state index in [0.29, 0.717) is 37.2 Å². The van der Waals surface area contributed by atoms with E-state index in [1.807, 2.05) is 13.8 Å². The molecule has 1 unspecified atom stereocenters. The maximum Gasteiger partial charge on any atom is 0.417 e. The second-order valence-corrected chi connectivity index (χ2v) is 7.38. The van der Waals surface area contributed by atoms with Gasteiger partial charge >= 0.3 is 12.2 Å². The predicted molar refractivity (Wildman–Crippen MR) is 88.3 cm³/mol. The lowest BCUT2D eigenvalue weighted by molar-refractivity contribution is -0.137. The van der Waals surface area contributed by atoms with Gasteiger partial charge in [0.05, 0.1) is 5.56 Å². The predicted octanol–water partition coefficient (Wildman–Crippen LogP) is 3.12. The maximum atomic E-state index is 13.0. The normalized spacial score (nSPS) is 23.3. The third kappa shape index (κ3) is 3.54. The van der Waals surface area contributed by atoms with Crippen molar-refractivity contribution < 1.29 is 22.8 Å². The fourth-order valence-corrected chi connectivity index (χ4v) is 3.78. The van der Waals surface area contributed by atoms with Crippen LogP contribution in [0.4, 0.5) is 18.0 Å². The largest absolute Gasteiger partial charge is 0.417 e. The molecule has 0 saturated carbocycles. The van der Waals surface area contributed by atoms with Crippen LogP contribution in [-0.2, 0) is 23.9 Å². The number of likely N-dealkylation sites (tertiary alicyclic amines) is 1. The van der Waals surface area contributed by atoms with Gasteiger partial charge in [0.2, 0.25) is 0 Å². The molecular weight excluding hydrogens is 347 g/mol. The van der Waals surface area contributed by atoms with Crippen LogP contribution in [0.3, 0.4) is 0 Å². The molecule has 2 atom stereocenters. The summed E-state index contributed by atoms with van der Waals surface area (Å²) < 4.78 is 38.8. The number of pyridine rings is 1. The summed E-state index contributed by atoms with van der Waals surface area (Å²) in [6.07, 6.45) is -1.66. The first-order chi connectivity index (χ1) is 12.2. The first kappa shape index (κ1) is 18.7. The summed E-state index contributed by atoms with van der Waals surface area (Å²) in [6.45, 7) is 4.90. The summed E-state index contributed by atoms with van der Waals surface area (Å²) >= 11 is 0. The van der Waals surface area contributed by atoms with E-state index in [1.165, 1.54) is 0 Å². The van der Waals surface area contributed by atoms with Gasteiger partial charge in [-0.05, 0) is 24.0 Å². The van der Waals surface area contributed by atoms with Crippen LogP contribution in [-0.4, -0.2) is 46.2 Å². The lowest BCUT2D eigenvalue weighted by Crippen LogP contribution is -2.48. The SMILES string of the molecule is CC(C)[C@@H]1CC(C=O)CN1C(=O)N1CCc2ncc(C(F)(F)F)cc2C1. The number of carbonyl (C=O) groups is 2. The summed E-state index contributed by atoms with van der Waals surface area (Å²) in [6, 6.07) is 0.842. The molecule has 1 aromatic heterocycles. The van der Waals surface area contributed by atoms with E-state index in [-0.39, 0.29) is 30.5 Å². The Bertz CT molecular complexity index is 705. The van der Waals surface area contributed by atoms with Gasteiger partial charge in [0.1, 0.15) is 6.29 Å². The van der Waals surface area contributed by atoms with Gasteiger partial charge in [-0.2, -0.15) is 13.2 Å². The number of alkyl halides is 3. The van der Waals surface area contributed by atoms with E-state index in [1.54, 1.807) is 9.80 Å². The van der Waals surface area contributed by atoms with Gasteiger partial charge in [0.25, 0.3) is 0 Å². The van der Waals surface area contributed by atoms with Gasteiger partial charge in [-0.1, -0.05) is 13.8 Å². The molecule has 2 amide bonds. The van der Waals surface area contributed by atoms with Crippen molar-refractivity contribution in [3.05, 3.63) is 29.1 Å². The zero-order chi connectivity index (χ0) is 19.1. The van der Waals surface area contributed by atoms with E-state index in [0.717, 1.165) is 18.5 Å². The van der Waals surface area contributed by atoms with E-state index in [2.05, 4.69) is 4.98 Å². The number of amides is 2. The molecule has 1 aromatic rings. The van der Waals surface area contributed by atoms with Crippen LogP contribution in [0.5, 0.6) is 0 Å². The number of rotatable bonds is 2. The highest BCUT2D eigenvalue weighted by atomic mass is 19.4. The third-order valence-electron chi connectivity index (χ3n) is 5.22. The maximum absolute atomic E-state index is 13.0. The zero-order valence-electron chi connectivity index (χ0n) is 14.8. The van der Waals surface area contributed by atoms with Gasteiger partial charge in [-0.3, -0.25) is 4.98 Å². The summed E-state index contributed by atoms with van der Waals surface area (Å²) in [4.78, 5) is 31.3. The average Bonchev–Trinajstić information content (AvgIpc) is 3.04. The fourth-order valence-electron chi connectivity index (χ4n) is 3.78. The molecule has 0 bridgehead atoms. The number of fused-ring (bicyclic) bond motifs is 1. The van der Waals surface area contributed by atoms with E-state index in [9.17, 15) is 22.8 Å². The molecule has 142 valence electrons. The van der Waals surface area contributed by atoms with Crippen LogP contribution >= 0.6 is 0 Å². The Kier molecular flexibility index (Phi) is 4.94. The minimum Gasteiger partial charge on any atom is -0.321 e. The molecule has 3 heterocycles. The Hall–Kier alpha value is -2.12. The zero-order valence-corrected chi connectivity index (χ0v) is 14.8. The van der Waals surface area contributed by atoms with Gasteiger partial charge in [-0.15, -0.1) is 0 Å². The average molecular weight is 369 g/mol. The molecule has 5 nitrogen and oxygen atoms in total. The van der Waals surface area contributed by atoms with E-state index in [4.69, 9.17) is 0 Å². The number of urea groups is 1. The molecule has 2 aliphatic rings. The molecular formula is C18H22F3N3O2. The lowest BCUT2D eigenvalue weighted by atomic mass is 9.98. The standard InChI is InChI=1S/C18H22F3N3O2/c1-11(2)16-5-12(10-25)8-24(16)17(26)23-4-3-15-13(9-23)6-14(7-22-15)18(19,20)21/h6-7,10-12,16H,3-5,8-9H2,1-2H3/t12?,16-/m0/s1. The minimum atomic E-state index is -4.46. The van der Waals surface area contributed by atoms with E-state index < -0.39 is 11.7 Å². The minimum absolute atomic E-state index is 0.0290. The first-order valence-corrected chi connectivity index (χ1v) is 8.76. The van der Waals surface area contributed by atoms with Crippen LogP contribution < -0.4 is 0 Å². The smallest absolute Gasteiger partial charge is 0.321 e. The second-order valence-electron chi connectivity index (χ2n) is 7.38. The van der Waals surface area contributed by atoms with Crippen molar-refractivity contribution in [3.63, 3.8) is 0 Å². The van der Waals surface area contributed by atoms with Crippen LogP contribution in [0, 0.1) is 11.8 Å². The van der Waals surface area contributed by atoms with Crippen molar-refractivity contribution in [3.8, 4) is 0 Å². The summed E-state index contributed by atoms with van der Waals surface area (Å²) in [5.41, 5.74) is 0.245. The number of carbonyl (C=O) groups excluding carboxylic acids is 2. The monoisotopic (exact) mass is 369 g/mol. The molecule has 0 spiro atoms. The summed E-state index contributed by atoms with van der Waals surface area (Å²) in [7, 11) is 0. The molecule has 0 aromatic carbocycles. The number of aldehydes is 1. The highest BCUT2D eigenvalue weighted by Gasteiger charge is 2.39. The Morgan fingerprint density at radius 1 is 1.38 bits per heavy atom. The number of hydrogen-bond donors (Lipinski definition) is 0. The first-order valence-electron chi connectivity index (χ1n) is 8.76. The summed E-state index contributed by atoms with van der Waals surface area (Å²) in [5, 5.41) is 0. The number of nitrogens with zero attached hydrogens (tertiary/aromatic N) is 3. The Labute approximate surface area is 150 Å². The molecule has 0 aliphatic carbocycles. The Balaban J connectivity index is 1.79. The quantitative estimate of drug-likeness (QED) is 0.753. The molecule has 2 aliphatic heterocycles. The lowest BCUT2D eigenvalue weighted by Gasteiger charge is -2.35. The molecule has 1 fully saturated rings. The molecule has 3 rings (SSSR count). The van der Waals surface area contributed by atoms with Gasteiger partial charge < -0.3 is 14.6 Å². The van der Waals surface area contributed by atoms with Crippen LogP contribution in [0.25, 0.3) is 0 Å². The Morgan fingerprint density at radius 2 is 2.12 bits per heavy atom. The highest BCUT2D eigenvalue weighted by Crippen LogP contribution is 2.32. The third-order valence-corrected chi connectivity index (χ3v) is 5.22. The fraction of sp³-hybridized carbons (Fsp3) is 0.611. The van der Waals surface area contributed by atoms with Crippen molar-refractivity contribution in [2.45, 2.75) is 45.5 Å². The van der Waals surface area contributed by atoms with Crippen molar-refractivity contribution in [2.24, 2.45) is 11.8 Å². The van der Waals surface area contributed by atoms with Crippen molar-refractivity contribution in [1.82, 2.24) is 14.8 Å². The molecule has 8 heteroatoms. The highest BCUT2D eigenvalue weighted by molar-refractivity contribution is 5.76. The van der Waals surface area contributed by atoms with Crippen LogP contribution in [0.15, 0.2) is 12.3 Å². The van der Waals surface area contributed by atoms with Gasteiger partial charge in [-0.25, -0.2) is 4.79 Å². The summed E-state index contributed by atoms with van der Waals surface area (Å²) in [5.74, 6) is 0.0291. The molecule has 0 N–H and O–H groups in total. The molecule has 0 radical (unpaired) electrons. The van der Waals surface area contributed by atoms with E-state index >= 15 is 0 Å². The van der Waals surface area contributed by atoms with Crippen LogP contribution in [0.1, 0.15) is 37.1 Å². The van der Waals surface area contributed by atoms with Gasteiger partial charge in [0.15, 0.2) is 0 Å². The van der Waals surface area contributed by atoms with Crippen LogP contribution in [0.2, 0.25) is 0 Å². The van der Waals surface area contributed by atoms with Crippen molar-refractivity contribution in [2.75, 3.05) is 13.1 Å². The van der Waals surface area contributed by atoms with Gasteiger partial charge in [0, 0.05) is 49.9 Å². The number of hydrogen-bond acceptors (Lipinski definition) is 3. The van der Waals surface area contributed by atoms with Crippen molar-refractivity contribution >= 4 is 12.3 Å². The number of halogens is 3. The van der Waals surface area contributed by atoms with Crippen molar-refractivity contribution in [1.29, 1.82) is 0 Å². The topological polar surface area (TPSA) is 53.5 Å².